The Kier molecular flexibility index (Phi) is 2.99. The summed E-state index contributed by atoms with van der Waals surface area (Å²) in [7, 11) is 0. The van der Waals surface area contributed by atoms with Crippen LogP contribution >= 0.6 is 0 Å². The zero-order valence-corrected chi connectivity index (χ0v) is 10.1. The number of hydrogen-bond donors (Lipinski definition) is 2. The first-order valence-corrected chi connectivity index (χ1v) is 5.52. The zero-order valence-electron chi connectivity index (χ0n) is 10.1. The Morgan fingerprint density at radius 2 is 2.29 bits per heavy atom. The van der Waals surface area contributed by atoms with E-state index in [1.54, 1.807) is 6.07 Å². The maximum atomic E-state index is 12.0. The van der Waals surface area contributed by atoms with Crippen LogP contribution in [0.2, 0.25) is 0 Å². The van der Waals surface area contributed by atoms with E-state index in [1.807, 2.05) is 20.8 Å². The van der Waals surface area contributed by atoms with E-state index in [1.165, 1.54) is 6.26 Å². The molecule has 2 aromatic rings. The standard InChI is InChI=1S/C12H15N3O2/c1-4-10-9(5-6-17-10)12(16)13-11-7(2)14-15-8(11)3/h5-6H,4H2,1-3H3,(H,13,16)(H,14,15). The number of nitrogens with one attached hydrogen (secondary N) is 2. The molecule has 17 heavy (non-hydrogen) atoms. The first-order valence-electron chi connectivity index (χ1n) is 5.52. The summed E-state index contributed by atoms with van der Waals surface area (Å²) in [6.07, 6.45) is 2.22. The second-order valence-corrected chi connectivity index (χ2v) is 3.87. The number of hydrogen-bond acceptors (Lipinski definition) is 3. The van der Waals surface area contributed by atoms with Gasteiger partial charge in [-0.15, -0.1) is 0 Å². The normalized spacial score (nSPS) is 10.5. The van der Waals surface area contributed by atoms with Crippen molar-refractivity contribution in [3.05, 3.63) is 35.0 Å². The smallest absolute Gasteiger partial charge is 0.259 e. The Bertz CT molecular complexity index is 520. The van der Waals surface area contributed by atoms with Gasteiger partial charge >= 0.3 is 0 Å². The van der Waals surface area contributed by atoms with Gasteiger partial charge in [-0.05, 0) is 19.9 Å². The number of anilines is 1. The second-order valence-electron chi connectivity index (χ2n) is 3.87. The number of H-pyrrole nitrogens is 1. The molecule has 2 heterocycles. The van der Waals surface area contributed by atoms with Gasteiger partial charge in [0.25, 0.3) is 5.91 Å². The van der Waals surface area contributed by atoms with E-state index in [0.717, 1.165) is 17.1 Å². The molecular weight excluding hydrogens is 218 g/mol. The highest BCUT2D eigenvalue weighted by molar-refractivity contribution is 6.05. The van der Waals surface area contributed by atoms with Crippen molar-refractivity contribution in [2.45, 2.75) is 27.2 Å². The summed E-state index contributed by atoms with van der Waals surface area (Å²) >= 11 is 0. The van der Waals surface area contributed by atoms with Gasteiger partial charge in [-0.3, -0.25) is 9.89 Å². The predicted molar refractivity (Wildman–Crippen MR) is 64.1 cm³/mol. The molecular formula is C12H15N3O2. The summed E-state index contributed by atoms with van der Waals surface area (Å²) in [6.45, 7) is 5.66. The third kappa shape index (κ3) is 2.08. The van der Waals surface area contributed by atoms with Crippen molar-refractivity contribution in [2.75, 3.05) is 5.32 Å². The Balaban J connectivity index is 2.23. The van der Waals surface area contributed by atoms with Crippen LogP contribution in [0.4, 0.5) is 5.69 Å². The summed E-state index contributed by atoms with van der Waals surface area (Å²) in [5.41, 5.74) is 2.93. The van der Waals surface area contributed by atoms with Crippen molar-refractivity contribution in [3.63, 3.8) is 0 Å². The minimum atomic E-state index is -0.164. The monoisotopic (exact) mass is 233 g/mol. The van der Waals surface area contributed by atoms with Crippen LogP contribution in [0.5, 0.6) is 0 Å². The molecule has 2 rings (SSSR count). The van der Waals surface area contributed by atoms with E-state index in [-0.39, 0.29) is 5.91 Å². The van der Waals surface area contributed by atoms with Gasteiger partial charge in [0.15, 0.2) is 0 Å². The third-order valence-electron chi connectivity index (χ3n) is 2.68. The Morgan fingerprint density at radius 3 is 2.88 bits per heavy atom. The van der Waals surface area contributed by atoms with Gasteiger partial charge in [-0.2, -0.15) is 5.10 Å². The van der Waals surface area contributed by atoms with Gasteiger partial charge in [-0.25, -0.2) is 0 Å². The molecule has 0 spiro atoms. The predicted octanol–water partition coefficient (Wildman–Crippen LogP) is 2.43. The van der Waals surface area contributed by atoms with Crippen molar-refractivity contribution in [1.82, 2.24) is 10.2 Å². The molecule has 0 unspecified atom stereocenters. The van der Waals surface area contributed by atoms with E-state index < -0.39 is 0 Å². The van der Waals surface area contributed by atoms with Gasteiger partial charge in [0.1, 0.15) is 5.76 Å². The lowest BCUT2D eigenvalue weighted by molar-refractivity contribution is 0.102. The lowest BCUT2D eigenvalue weighted by Gasteiger charge is -2.04. The second kappa shape index (κ2) is 4.45. The van der Waals surface area contributed by atoms with Gasteiger partial charge in [-0.1, -0.05) is 6.92 Å². The molecule has 2 N–H and O–H groups in total. The minimum absolute atomic E-state index is 0.164. The molecule has 0 bridgehead atoms. The fourth-order valence-corrected chi connectivity index (χ4v) is 1.73. The van der Waals surface area contributed by atoms with Gasteiger partial charge in [0.05, 0.1) is 28.9 Å². The molecule has 0 radical (unpaired) electrons. The summed E-state index contributed by atoms with van der Waals surface area (Å²) in [4.78, 5) is 12.0. The fourth-order valence-electron chi connectivity index (χ4n) is 1.73. The molecule has 5 nitrogen and oxygen atoms in total. The lowest BCUT2D eigenvalue weighted by atomic mass is 10.2. The number of nitrogens with zero attached hydrogens (tertiary/aromatic N) is 1. The average molecular weight is 233 g/mol. The van der Waals surface area contributed by atoms with Crippen LogP contribution < -0.4 is 5.32 Å². The van der Waals surface area contributed by atoms with Gasteiger partial charge < -0.3 is 9.73 Å². The molecule has 0 atom stereocenters. The molecule has 2 aromatic heterocycles. The summed E-state index contributed by atoms with van der Waals surface area (Å²) < 4.78 is 5.23. The highest BCUT2D eigenvalue weighted by atomic mass is 16.3. The topological polar surface area (TPSA) is 70.9 Å². The quantitative estimate of drug-likeness (QED) is 0.855. The average Bonchev–Trinajstić information content (AvgIpc) is 2.90. The lowest BCUT2D eigenvalue weighted by Crippen LogP contribution is -2.13. The maximum absolute atomic E-state index is 12.0. The van der Waals surface area contributed by atoms with Crippen molar-refractivity contribution in [1.29, 1.82) is 0 Å². The number of aromatic nitrogens is 2. The number of amides is 1. The number of aromatic amines is 1. The fraction of sp³-hybridized carbons (Fsp3) is 0.333. The molecule has 0 aromatic carbocycles. The van der Waals surface area contributed by atoms with E-state index in [2.05, 4.69) is 15.5 Å². The minimum Gasteiger partial charge on any atom is -0.469 e. The SMILES string of the molecule is CCc1occc1C(=O)Nc1c(C)n[nH]c1C. The summed E-state index contributed by atoms with van der Waals surface area (Å²) in [5.74, 6) is 0.532. The Labute approximate surface area is 99.2 Å². The number of carbonyl (C=O) groups excluding carboxylic acids is 1. The molecule has 0 fully saturated rings. The number of aryl methyl sites for hydroxylation is 3. The summed E-state index contributed by atoms with van der Waals surface area (Å²) in [5, 5.41) is 9.70. The highest BCUT2D eigenvalue weighted by Crippen LogP contribution is 2.19. The highest BCUT2D eigenvalue weighted by Gasteiger charge is 2.16. The van der Waals surface area contributed by atoms with E-state index >= 15 is 0 Å². The van der Waals surface area contributed by atoms with Gasteiger partial charge in [0.2, 0.25) is 0 Å². The maximum Gasteiger partial charge on any atom is 0.259 e. The van der Waals surface area contributed by atoms with Crippen LogP contribution in [-0.4, -0.2) is 16.1 Å². The van der Waals surface area contributed by atoms with E-state index in [0.29, 0.717) is 17.7 Å². The van der Waals surface area contributed by atoms with Crippen molar-refractivity contribution in [2.24, 2.45) is 0 Å². The van der Waals surface area contributed by atoms with Crippen molar-refractivity contribution >= 4 is 11.6 Å². The van der Waals surface area contributed by atoms with Crippen LogP contribution in [0.1, 0.15) is 34.4 Å². The number of rotatable bonds is 3. The molecule has 1 amide bonds. The van der Waals surface area contributed by atoms with Crippen LogP contribution in [0.3, 0.4) is 0 Å². The third-order valence-corrected chi connectivity index (χ3v) is 2.68. The summed E-state index contributed by atoms with van der Waals surface area (Å²) in [6, 6.07) is 1.68. The Morgan fingerprint density at radius 1 is 1.53 bits per heavy atom. The Hall–Kier alpha value is -2.04. The molecule has 0 aliphatic carbocycles. The number of carbonyl (C=O) groups is 1. The van der Waals surface area contributed by atoms with Crippen LogP contribution in [0.15, 0.2) is 16.7 Å². The van der Waals surface area contributed by atoms with Crippen LogP contribution in [-0.2, 0) is 6.42 Å². The molecule has 5 heteroatoms. The number of furan rings is 1. The first-order chi connectivity index (χ1) is 8.13. The van der Waals surface area contributed by atoms with E-state index in [4.69, 9.17) is 4.42 Å². The molecule has 0 saturated carbocycles. The zero-order chi connectivity index (χ0) is 12.4. The molecule has 0 aliphatic heterocycles. The molecule has 90 valence electrons. The van der Waals surface area contributed by atoms with Crippen LogP contribution in [0, 0.1) is 13.8 Å². The van der Waals surface area contributed by atoms with Crippen molar-refractivity contribution in [3.8, 4) is 0 Å². The molecule has 0 aliphatic rings. The largest absolute Gasteiger partial charge is 0.469 e. The molecule has 0 saturated heterocycles. The van der Waals surface area contributed by atoms with Crippen molar-refractivity contribution < 1.29 is 9.21 Å². The van der Waals surface area contributed by atoms with Crippen LogP contribution in [0.25, 0.3) is 0 Å². The van der Waals surface area contributed by atoms with E-state index in [9.17, 15) is 4.79 Å². The van der Waals surface area contributed by atoms with Gasteiger partial charge in [0, 0.05) is 6.42 Å². The first kappa shape index (κ1) is 11.4.